The molecule has 0 fully saturated rings. The minimum Gasteiger partial charge on any atom is -0.338 e. The smallest absolute Gasteiger partial charge is 0.321 e. The standard InChI is InChI=1S/C21H20F2N4O3S/c1-12(2)10-24-20(30)26-18(28)11-31-21-25-16-6-4-3-5-14(16)19(29)27(21)17-8-7-13(22)9-15(17)23/h3-9,12H,10-11H2,1-2H3,(H2,24,26,28,30). The molecule has 162 valence electrons. The van der Waals surface area contributed by atoms with E-state index in [2.05, 4.69) is 15.6 Å². The predicted molar refractivity (Wildman–Crippen MR) is 114 cm³/mol. The average Bonchev–Trinajstić information content (AvgIpc) is 2.72. The first-order valence-electron chi connectivity index (χ1n) is 9.44. The largest absolute Gasteiger partial charge is 0.338 e. The Kier molecular flexibility index (Phi) is 7.01. The summed E-state index contributed by atoms with van der Waals surface area (Å²) in [6, 6.07) is 8.69. The Morgan fingerprint density at radius 3 is 2.61 bits per heavy atom. The molecule has 0 radical (unpaired) electrons. The third-order valence-corrected chi connectivity index (χ3v) is 5.09. The van der Waals surface area contributed by atoms with Crippen LogP contribution in [0.15, 0.2) is 52.4 Å². The Morgan fingerprint density at radius 1 is 1.16 bits per heavy atom. The van der Waals surface area contributed by atoms with Crippen molar-refractivity contribution in [2.75, 3.05) is 12.3 Å². The number of rotatable bonds is 6. The van der Waals surface area contributed by atoms with Crippen LogP contribution in [-0.4, -0.2) is 33.8 Å². The van der Waals surface area contributed by atoms with Gasteiger partial charge in [-0.1, -0.05) is 37.7 Å². The van der Waals surface area contributed by atoms with Gasteiger partial charge in [0.15, 0.2) is 5.16 Å². The zero-order chi connectivity index (χ0) is 22.5. The van der Waals surface area contributed by atoms with Gasteiger partial charge in [0.1, 0.15) is 11.6 Å². The predicted octanol–water partition coefficient (Wildman–Crippen LogP) is 3.24. The lowest BCUT2D eigenvalue weighted by atomic mass is 10.2. The van der Waals surface area contributed by atoms with Crippen LogP contribution in [0.5, 0.6) is 0 Å². The fraction of sp³-hybridized carbons (Fsp3) is 0.238. The number of nitrogens with zero attached hydrogens (tertiary/aromatic N) is 2. The van der Waals surface area contributed by atoms with Gasteiger partial charge in [0.2, 0.25) is 5.91 Å². The van der Waals surface area contributed by atoms with E-state index in [1.54, 1.807) is 24.3 Å². The van der Waals surface area contributed by atoms with Gasteiger partial charge in [-0.15, -0.1) is 0 Å². The molecule has 3 rings (SSSR count). The number of imide groups is 1. The lowest BCUT2D eigenvalue weighted by molar-refractivity contribution is -0.117. The Morgan fingerprint density at radius 2 is 1.90 bits per heavy atom. The van der Waals surface area contributed by atoms with Crippen molar-refractivity contribution in [2.24, 2.45) is 5.92 Å². The Bertz CT molecular complexity index is 1200. The maximum atomic E-state index is 14.4. The molecule has 2 N–H and O–H groups in total. The van der Waals surface area contributed by atoms with E-state index < -0.39 is 29.1 Å². The van der Waals surface area contributed by atoms with Crippen molar-refractivity contribution < 1.29 is 18.4 Å². The lowest BCUT2D eigenvalue weighted by Gasteiger charge is -2.14. The quantitative estimate of drug-likeness (QED) is 0.448. The van der Waals surface area contributed by atoms with Crippen LogP contribution < -0.4 is 16.2 Å². The SMILES string of the molecule is CC(C)CNC(=O)NC(=O)CSc1nc2ccccc2c(=O)n1-c1ccc(F)cc1F. The average molecular weight is 446 g/mol. The van der Waals surface area contributed by atoms with Gasteiger partial charge in [-0.05, 0) is 30.2 Å². The van der Waals surface area contributed by atoms with Gasteiger partial charge in [0.05, 0.1) is 22.3 Å². The molecule has 1 heterocycles. The Hall–Kier alpha value is -3.27. The number of hydrogen-bond donors (Lipinski definition) is 2. The Labute approximate surface area is 180 Å². The molecule has 0 saturated carbocycles. The molecule has 1 aromatic heterocycles. The van der Waals surface area contributed by atoms with Crippen molar-refractivity contribution in [3.63, 3.8) is 0 Å². The molecule has 31 heavy (non-hydrogen) atoms. The van der Waals surface area contributed by atoms with Crippen LogP contribution in [0.4, 0.5) is 13.6 Å². The molecule has 3 amide bonds. The van der Waals surface area contributed by atoms with Crippen LogP contribution in [0.25, 0.3) is 16.6 Å². The molecule has 3 aromatic rings. The van der Waals surface area contributed by atoms with Crippen molar-refractivity contribution in [1.82, 2.24) is 20.2 Å². The molecule has 0 aliphatic heterocycles. The second-order valence-electron chi connectivity index (χ2n) is 7.09. The number of benzene rings is 2. The highest BCUT2D eigenvalue weighted by Gasteiger charge is 2.18. The first-order valence-corrected chi connectivity index (χ1v) is 10.4. The van der Waals surface area contributed by atoms with E-state index in [9.17, 15) is 23.2 Å². The molecular weight excluding hydrogens is 426 g/mol. The number of hydrogen-bond acceptors (Lipinski definition) is 5. The topological polar surface area (TPSA) is 93.1 Å². The zero-order valence-electron chi connectivity index (χ0n) is 16.8. The lowest BCUT2D eigenvalue weighted by Crippen LogP contribution is -2.41. The molecule has 0 saturated heterocycles. The maximum Gasteiger partial charge on any atom is 0.321 e. The van der Waals surface area contributed by atoms with E-state index in [4.69, 9.17) is 0 Å². The normalized spacial score (nSPS) is 11.0. The first-order chi connectivity index (χ1) is 14.8. The fourth-order valence-corrected chi connectivity index (χ4v) is 3.52. The first kappa shape index (κ1) is 22.4. The van der Waals surface area contributed by atoms with Crippen LogP contribution in [0, 0.1) is 17.6 Å². The summed E-state index contributed by atoms with van der Waals surface area (Å²) in [6.07, 6.45) is 0. The summed E-state index contributed by atoms with van der Waals surface area (Å²) in [5.74, 6) is -2.37. The molecule has 0 aliphatic carbocycles. The van der Waals surface area contributed by atoms with Crippen molar-refractivity contribution in [3.05, 3.63) is 64.5 Å². The van der Waals surface area contributed by atoms with Crippen molar-refractivity contribution >= 4 is 34.6 Å². The highest BCUT2D eigenvalue weighted by molar-refractivity contribution is 7.99. The summed E-state index contributed by atoms with van der Waals surface area (Å²) in [4.78, 5) is 41.3. The van der Waals surface area contributed by atoms with Gasteiger partial charge in [0, 0.05) is 12.6 Å². The second kappa shape index (κ2) is 9.69. The van der Waals surface area contributed by atoms with Gasteiger partial charge < -0.3 is 5.32 Å². The van der Waals surface area contributed by atoms with Gasteiger partial charge >= 0.3 is 6.03 Å². The summed E-state index contributed by atoms with van der Waals surface area (Å²) >= 11 is 0.858. The minimum absolute atomic E-state index is 0.0342. The highest BCUT2D eigenvalue weighted by Crippen LogP contribution is 2.23. The number of carbonyl (C=O) groups excluding carboxylic acids is 2. The van der Waals surface area contributed by atoms with Crippen LogP contribution in [0.3, 0.4) is 0 Å². The van der Waals surface area contributed by atoms with E-state index >= 15 is 0 Å². The number of fused-ring (bicyclic) bond motifs is 1. The number of para-hydroxylation sites is 1. The van der Waals surface area contributed by atoms with E-state index in [1.165, 1.54) is 0 Å². The van der Waals surface area contributed by atoms with E-state index in [1.807, 2.05) is 13.8 Å². The zero-order valence-corrected chi connectivity index (χ0v) is 17.6. The third kappa shape index (κ3) is 5.46. The summed E-state index contributed by atoms with van der Waals surface area (Å²) in [7, 11) is 0. The molecule has 0 bridgehead atoms. The molecule has 0 aliphatic rings. The van der Waals surface area contributed by atoms with Crippen molar-refractivity contribution in [2.45, 2.75) is 19.0 Å². The van der Waals surface area contributed by atoms with E-state index in [0.717, 1.165) is 28.5 Å². The molecule has 0 unspecified atom stereocenters. The summed E-state index contributed by atoms with van der Waals surface area (Å²) in [5, 5.41) is 5.02. The van der Waals surface area contributed by atoms with E-state index in [-0.39, 0.29) is 27.9 Å². The maximum absolute atomic E-state index is 14.4. The summed E-state index contributed by atoms with van der Waals surface area (Å²) in [6.45, 7) is 4.23. The number of nitrogens with one attached hydrogen (secondary N) is 2. The van der Waals surface area contributed by atoms with Gasteiger partial charge in [-0.2, -0.15) is 0 Å². The summed E-state index contributed by atoms with van der Waals surface area (Å²) < 4.78 is 28.8. The van der Waals surface area contributed by atoms with Gasteiger partial charge in [-0.3, -0.25) is 19.5 Å². The van der Waals surface area contributed by atoms with Gasteiger partial charge in [-0.25, -0.2) is 18.6 Å². The molecule has 7 nitrogen and oxygen atoms in total. The number of amides is 3. The third-order valence-electron chi connectivity index (χ3n) is 4.15. The number of thioether (sulfide) groups is 1. The number of urea groups is 1. The van der Waals surface area contributed by atoms with E-state index in [0.29, 0.717) is 18.1 Å². The highest BCUT2D eigenvalue weighted by atomic mass is 32.2. The number of carbonyl (C=O) groups is 2. The van der Waals surface area contributed by atoms with Crippen LogP contribution in [0.2, 0.25) is 0 Å². The van der Waals surface area contributed by atoms with Crippen molar-refractivity contribution in [3.8, 4) is 5.69 Å². The Balaban J connectivity index is 1.91. The van der Waals surface area contributed by atoms with Crippen LogP contribution in [0.1, 0.15) is 13.8 Å². The van der Waals surface area contributed by atoms with Crippen LogP contribution >= 0.6 is 11.8 Å². The van der Waals surface area contributed by atoms with Crippen LogP contribution in [-0.2, 0) is 4.79 Å². The number of halogens is 2. The number of aromatic nitrogens is 2. The minimum atomic E-state index is -0.946. The molecular formula is C21H20F2N4O3S. The molecule has 2 aromatic carbocycles. The monoisotopic (exact) mass is 446 g/mol. The molecule has 0 spiro atoms. The second-order valence-corrected chi connectivity index (χ2v) is 8.03. The molecule has 10 heteroatoms. The molecule has 0 atom stereocenters. The summed E-state index contributed by atoms with van der Waals surface area (Å²) in [5.41, 5.74) is -0.389. The fourth-order valence-electron chi connectivity index (χ4n) is 2.72. The van der Waals surface area contributed by atoms with Crippen molar-refractivity contribution in [1.29, 1.82) is 0 Å². The van der Waals surface area contributed by atoms with Gasteiger partial charge in [0.25, 0.3) is 5.56 Å².